The minimum atomic E-state index is -4.29. The number of hydrogen-bond acceptors (Lipinski definition) is 8. The average Bonchev–Trinajstić information content (AvgIpc) is 2.96. The molecule has 2 aromatic carbocycles. The topological polar surface area (TPSA) is 108 Å². The van der Waals surface area contributed by atoms with Crippen LogP contribution in [0, 0.1) is 0 Å². The molecule has 0 aliphatic carbocycles. The molecular weight excluding hydrogens is 709 g/mol. The van der Waals surface area contributed by atoms with Gasteiger partial charge in [0, 0.05) is 0 Å². The molecule has 2 rings (SSSR count). The van der Waals surface area contributed by atoms with Gasteiger partial charge in [0.1, 0.15) is 11.2 Å². The number of carbonyl (C=O) groups is 2. The van der Waals surface area contributed by atoms with E-state index in [1.807, 2.05) is 12.1 Å². The van der Waals surface area contributed by atoms with Crippen molar-refractivity contribution in [2.24, 2.45) is 0 Å². The summed E-state index contributed by atoms with van der Waals surface area (Å²) < 4.78 is 49.8. The Morgan fingerprint density at radius 3 is 1.57 bits per heavy atom. The predicted octanol–water partition coefficient (Wildman–Crippen LogP) is 7.91. The van der Waals surface area contributed by atoms with Gasteiger partial charge in [-0.25, -0.2) is 4.79 Å². The van der Waals surface area contributed by atoms with Gasteiger partial charge in [-0.3, -0.25) is 4.79 Å². The number of ether oxygens (including phenoxy) is 3. The fraction of sp³-hybridized carbons (Fsp3) is 0.611. The molecule has 0 aromatic heterocycles. The van der Waals surface area contributed by atoms with Crippen molar-refractivity contribution >= 4 is 43.7 Å². The second-order valence-corrected chi connectivity index (χ2v) is 29.4. The first-order valence-electron chi connectivity index (χ1n) is 16.8. The maximum absolute atomic E-state index is 13.6. The van der Waals surface area contributed by atoms with E-state index in [9.17, 15) is 18.0 Å². The van der Waals surface area contributed by atoms with Gasteiger partial charge in [-0.2, -0.15) is 0 Å². The fourth-order valence-corrected chi connectivity index (χ4v) is 22.7. The Bertz CT molecular complexity index is 1320. The Morgan fingerprint density at radius 1 is 0.717 bits per heavy atom. The van der Waals surface area contributed by atoms with Gasteiger partial charge in [-0.1, -0.05) is 0 Å². The number of nitrogens with one attached hydrogen (secondary N) is 1. The molecule has 1 atom stereocenters. The number of sulfone groups is 1. The van der Waals surface area contributed by atoms with Crippen LogP contribution in [0.4, 0.5) is 0 Å². The molecule has 0 saturated carbocycles. The fourth-order valence-electron chi connectivity index (χ4n) is 5.43. The average molecular weight is 767 g/mol. The Labute approximate surface area is 282 Å². The van der Waals surface area contributed by atoms with Gasteiger partial charge in [0.15, 0.2) is 0 Å². The van der Waals surface area contributed by atoms with Crippen LogP contribution in [0.5, 0.6) is 11.5 Å². The first kappa shape index (κ1) is 40.1. The molecule has 0 fully saturated rings. The van der Waals surface area contributed by atoms with Crippen LogP contribution in [-0.4, -0.2) is 61.9 Å². The van der Waals surface area contributed by atoms with E-state index in [0.717, 1.165) is 0 Å². The zero-order valence-corrected chi connectivity index (χ0v) is 33.2. The third kappa shape index (κ3) is 12.8. The first-order chi connectivity index (χ1) is 21.5. The van der Waals surface area contributed by atoms with Crippen LogP contribution in [-0.2, 0) is 28.9 Å². The second-order valence-electron chi connectivity index (χ2n) is 14.1. The molecule has 8 nitrogen and oxygen atoms in total. The van der Waals surface area contributed by atoms with Crippen molar-refractivity contribution in [2.75, 3.05) is 6.54 Å². The molecule has 0 amide bonds. The molecule has 0 spiro atoms. The van der Waals surface area contributed by atoms with E-state index < -0.39 is 63.3 Å². The monoisotopic (exact) mass is 767 g/mol. The van der Waals surface area contributed by atoms with Crippen LogP contribution in [0.15, 0.2) is 53.4 Å². The summed E-state index contributed by atoms with van der Waals surface area (Å²) in [5.41, 5.74) is -1.70. The molecule has 0 saturated heterocycles. The van der Waals surface area contributed by atoms with Crippen molar-refractivity contribution in [3.8, 4) is 11.5 Å². The zero-order chi connectivity index (χ0) is 34.6. The third-order valence-electron chi connectivity index (χ3n) is 7.66. The summed E-state index contributed by atoms with van der Waals surface area (Å²) >= 11 is -2.56. The van der Waals surface area contributed by atoms with Crippen LogP contribution >= 0.6 is 0 Å². The van der Waals surface area contributed by atoms with Gasteiger partial charge in [0.25, 0.3) is 0 Å². The molecule has 258 valence electrons. The summed E-state index contributed by atoms with van der Waals surface area (Å²) in [5.74, 6) is -0.533. The van der Waals surface area contributed by atoms with E-state index >= 15 is 0 Å². The number of rotatable bonds is 18. The van der Waals surface area contributed by atoms with Crippen molar-refractivity contribution in [1.82, 2.24) is 5.32 Å². The molecule has 0 aliphatic rings. The van der Waals surface area contributed by atoms with E-state index in [2.05, 4.69) is 38.2 Å². The van der Waals surface area contributed by atoms with Gasteiger partial charge < -0.3 is 9.47 Å². The number of hydrogen-bond donors (Lipinski definition) is 1. The number of unbranched alkanes of at least 4 members (excludes halogenated alkanes) is 3. The molecule has 46 heavy (non-hydrogen) atoms. The van der Waals surface area contributed by atoms with E-state index in [1.54, 1.807) is 57.3 Å². The van der Waals surface area contributed by atoms with Gasteiger partial charge in [0.2, 0.25) is 0 Å². The molecule has 0 radical (unpaired) electrons. The van der Waals surface area contributed by atoms with E-state index in [0.29, 0.717) is 11.5 Å². The summed E-state index contributed by atoms with van der Waals surface area (Å²) in [6, 6.07) is 14.5. The van der Waals surface area contributed by atoms with Crippen molar-refractivity contribution in [3.63, 3.8) is 0 Å². The number of benzene rings is 2. The van der Waals surface area contributed by atoms with Gasteiger partial charge >= 0.3 is 205 Å². The molecular formula is C36H57NO7SSn. The first-order valence-corrected chi connectivity index (χ1v) is 25.8. The molecule has 0 bridgehead atoms. The summed E-state index contributed by atoms with van der Waals surface area (Å²) in [6.45, 7) is 16.4. The van der Waals surface area contributed by atoms with E-state index in [-0.39, 0.29) is 4.90 Å². The summed E-state index contributed by atoms with van der Waals surface area (Å²) in [5, 5.41) is 0.742. The minimum absolute atomic E-state index is 0.107. The van der Waals surface area contributed by atoms with Gasteiger partial charge in [-0.15, -0.1) is 0 Å². The maximum atomic E-state index is 13.6. The van der Waals surface area contributed by atoms with Crippen LogP contribution in [0.1, 0.15) is 101 Å². The quantitative estimate of drug-likeness (QED) is 0.121. The Hall–Kier alpha value is -2.11. The van der Waals surface area contributed by atoms with Crippen LogP contribution in [0.3, 0.4) is 0 Å². The van der Waals surface area contributed by atoms with Crippen LogP contribution < -0.4 is 13.6 Å². The predicted molar refractivity (Wildman–Crippen MR) is 188 cm³/mol. The normalized spacial score (nSPS) is 13.2. The third-order valence-corrected chi connectivity index (χ3v) is 25.2. The van der Waals surface area contributed by atoms with E-state index in [4.69, 9.17) is 14.2 Å². The molecule has 2 aromatic rings. The second kappa shape index (κ2) is 17.9. The summed E-state index contributed by atoms with van der Waals surface area (Å²) in [4.78, 5) is 25.2. The van der Waals surface area contributed by atoms with Crippen molar-refractivity contribution in [1.29, 1.82) is 0 Å². The van der Waals surface area contributed by atoms with Crippen molar-refractivity contribution in [2.45, 2.75) is 136 Å². The van der Waals surface area contributed by atoms with E-state index in [1.165, 1.54) is 64.0 Å². The van der Waals surface area contributed by atoms with Gasteiger partial charge in [0.05, 0.1) is 6.54 Å². The zero-order valence-electron chi connectivity index (χ0n) is 29.5. The summed E-state index contributed by atoms with van der Waals surface area (Å²) in [6.07, 6.45) is 7.55. The van der Waals surface area contributed by atoms with Crippen LogP contribution in [0.25, 0.3) is 0 Å². The number of esters is 2. The van der Waals surface area contributed by atoms with Crippen molar-refractivity contribution < 1.29 is 32.2 Å². The van der Waals surface area contributed by atoms with Crippen molar-refractivity contribution in [3.05, 3.63) is 48.5 Å². The summed E-state index contributed by atoms with van der Waals surface area (Å²) in [7, 11) is -4.29. The van der Waals surface area contributed by atoms with Crippen LogP contribution in [0.2, 0.25) is 13.3 Å². The van der Waals surface area contributed by atoms with Gasteiger partial charge in [-0.05, 0) is 41.5 Å². The number of carbonyl (C=O) groups excluding carboxylic acids is 2. The molecule has 10 heteroatoms. The Balaban J connectivity index is 2.28. The standard InChI is InChI=1S/C24H30NO7S.3C4H9.Sn/c1-23(2,3)31-20(26)16-25-21(22(27)32-24(4,5)6)33(28,29)19-14-12-18(13-15-19)30-17-10-8-7-9-11-17;3*1-3-4-2;/h8-15,21,25H,16H2,1-6H3;3*1,3-4H2,2H3;. The SMILES string of the molecule is CCC[CH2][Sn]([CH2]CCC)([CH2]CCC)[c]1ccc(Oc2ccc(S(=O)(=O)C(NCC(=O)OC(C)(C)C)C(=O)OC(C)(C)C)cc2)cc1. The molecule has 0 aliphatic heterocycles. The molecule has 1 N–H and O–H groups in total. The molecule has 1 unspecified atom stereocenters. The Morgan fingerprint density at radius 2 is 1.15 bits per heavy atom. The molecule has 0 heterocycles. The Kier molecular flexibility index (Phi) is 15.6.